The van der Waals surface area contributed by atoms with Crippen LogP contribution in [0.5, 0.6) is 0 Å². The number of amides is 1. The minimum atomic E-state index is -1.22. The second-order valence-corrected chi connectivity index (χ2v) is 12.5. The third-order valence-corrected chi connectivity index (χ3v) is 8.63. The molecule has 1 amide bonds. The van der Waals surface area contributed by atoms with Crippen molar-refractivity contribution < 1.29 is 29.7 Å². The lowest BCUT2D eigenvalue weighted by atomic mass is 9.82. The molecule has 0 fully saturated rings. The van der Waals surface area contributed by atoms with Gasteiger partial charge in [0.05, 0.1) is 24.4 Å². The molecule has 4 N–H and O–H groups in total. The zero-order valence-electron chi connectivity index (χ0n) is 27.1. The Kier molecular flexibility index (Phi) is 18.7. The van der Waals surface area contributed by atoms with Crippen LogP contribution in [0, 0.1) is 0 Å². The number of carbonyl (C=O) groups is 3. The summed E-state index contributed by atoms with van der Waals surface area (Å²) in [7, 11) is 0. The van der Waals surface area contributed by atoms with Crippen LogP contribution in [0.25, 0.3) is 0 Å². The first-order valence-electron chi connectivity index (χ1n) is 16.4. The molecular formula is C35H59NO6. The number of carbonyl (C=O) groups excluding carboxylic acids is 3. The summed E-state index contributed by atoms with van der Waals surface area (Å²) in [4.78, 5) is 37.5. The fraction of sp³-hybridized carbons (Fsp3) is 0.743. The largest absolute Gasteiger partial charge is 0.394 e. The molecule has 240 valence electrons. The fourth-order valence-corrected chi connectivity index (χ4v) is 5.35. The van der Waals surface area contributed by atoms with E-state index in [1.54, 1.807) is 33.8 Å². The van der Waals surface area contributed by atoms with Crippen LogP contribution in [0.3, 0.4) is 0 Å². The Morgan fingerprint density at radius 1 is 0.833 bits per heavy atom. The SMILES string of the molecule is CCCCCCCCCCCCCC/C=C/[C@@H](O)[C@H](CO)NC(=O)CCC(C)(O)CCC1=C(C)C(=O)C(C)=C(C)C1=O. The van der Waals surface area contributed by atoms with Gasteiger partial charge in [-0.15, -0.1) is 0 Å². The maximum atomic E-state index is 12.6. The molecule has 0 aromatic rings. The second kappa shape index (κ2) is 20.8. The molecule has 3 atom stereocenters. The Morgan fingerprint density at radius 3 is 1.90 bits per heavy atom. The van der Waals surface area contributed by atoms with E-state index in [1.165, 1.54) is 64.2 Å². The van der Waals surface area contributed by atoms with Crippen molar-refractivity contribution in [2.45, 2.75) is 162 Å². The van der Waals surface area contributed by atoms with Gasteiger partial charge in [0.2, 0.25) is 5.91 Å². The molecule has 0 bridgehead atoms. The van der Waals surface area contributed by atoms with E-state index in [2.05, 4.69) is 12.2 Å². The van der Waals surface area contributed by atoms with Crippen molar-refractivity contribution in [3.8, 4) is 0 Å². The molecule has 0 heterocycles. The van der Waals surface area contributed by atoms with Gasteiger partial charge in [-0.25, -0.2) is 0 Å². The van der Waals surface area contributed by atoms with Crippen LogP contribution < -0.4 is 5.32 Å². The van der Waals surface area contributed by atoms with E-state index in [-0.39, 0.29) is 43.2 Å². The Balaban J connectivity index is 2.29. The zero-order valence-corrected chi connectivity index (χ0v) is 27.1. The molecule has 7 heteroatoms. The van der Waals surface area contributed by atoms with Crippen LogP contribution in [-0.2, 0) is 14.4 Å². The molecule has 0 radical (unpaired) electrons. The van der Waals surface area contributed by atoms with Crippen molar-refractivity contribution in [2.75, 3.05) is 6.61 Å². The highest BCUT2D eigenvalue weighted by Crippen LogP contribution is 2.30. The summed E-state index contributed by atoms with van der Waals surface area (Å²) in [6, 6.07) is -0.822. The first kappa shape index (κ1) is 37.9. The predicted octanol–water partition coefficient (Wildman–Crippen LogP) is 6.59. The van der Waals surface area contributed by atoms with Crippen molar-refractivity contribution in [1.29, 1.82) is 0 Å². The van der Waals surface area contributed by atoms with E-state index in [1.807, 2.05) is 6.08 Å². The number of unbranched alkanes of at least 4 members (excludes halogenated alkanes) is 12. The number of aliphatic hydroxyl groups excluding tert-OH is 2. The van der Waals surface area contributed by atoms with Gasteiger partial charge in [0.25, 0.3) is 0 Å². The lowest BCUT2D eigenvalue weighted by molar-refractivity contribution is -0.124. The van der Waals surface area contributed by atoms with Gasteiger partial charge in [-0.3, -0.25) is 14.4 Å². The van der Waals surface area contributed by atoms with Crippen molar-refractivity contribution in [3.63, 3.8) is 0 Å². The quantitative estimate of drug-likeness (QED) is 0.0606. The standard InChI is InChI=1S/C35H59NO6/c1-6-7-8-9-10-11-12-13-14-15-16-17-18-19-20-31(38)30(25-37)36-32(39)22-24-35(5,42)23-21-29-28(4)33(40)26(2)27(3)34(29)41/h19-20,30-31,37-38,42H,6-18,21-25H2,1-5H3,(H,36,39)/b20-19+/t30-,31+,35?/m0/s1. The summed E-state index contributed by atoms with van der Waals surface area (Å²) >= 11 is 0. The Labute approximate surface area is 254 Å². The molecule has 0 saturated heterocycles. The lowest BCUT2D eigenvalue weighted by Gasteiger charge is -2.26. The Morgan fingerprint density at radius 2 is 1.36 bits per heavy atom. The van der Waals surface area contributed by atoms with Crippen LogP contribution in [0.4, 0.5) is 0 Å². The fourth-order valence-electron chi connectivity index (χ4n) is 5.35. The Bertz CT molecular complexity index is 945. The smallest absolute Gasteiger partial charge is 0.220 e. The van der Waals surface area contributed by atoms with E-state index in [4.69, 9.17) is 0 Å². The number of allylic oxidation sites excluding steroid dienone is 5. The monoisotopic (exact) mass is 589 g/mol. The van der Waals surface area contributed by atoms with Crippen molar-refractivity contribution >= 4 is 17.5 Å². The van der Waals surface area contributed by atoms with Gasteiger partial charge < -0.3 is 20.6 Å². The third-order valence-electron chi connectivity index (χ3n) is 8.63. The molecule has 7 nitrogen and oxygen atoms in total. The van der Waals surface area contributed by atoms with E-state index in [9.17, 15) is 29.7 Å². The van der Waals surface area contributed by atoms with Crippen molar-refractivity contribution in [1.82, 2.24) is 5.32 Å². The van der Waals surface area contributed by atoms with Crippen LogP contribution in [0.15, 0.2) is 34.4 Å². The maximum Gasteiger partial charge on any atom is 0.220 e. The average Bonchev–Trinajstić information content (AvgIpc) is 2.96. The number of hydrogen-bond acceptors (Lipinski definition) is 6. The number of rotatable bonds is 23. The van der Waals surface area contributed by atoms with Gasteiger partial charge in [0.1, 0.15) is 0 Å². The van der Waals surface area contributed by atoms with Gasteiger partial charge in [0.15, 0.2) is 11.6 Å². The van der Waals surface area contributed by atoms with Gasteiger partial charge in [0, 0.05) is 28.7 Å². The molecular weight excluding hydrogens is 530 g/mol. The molecule has 0 aromatic heterocycles. The summed E-state index contributed by atoms with van der Waals surface area (Å²) in [6.07, 6.45) is 19.5. The summed E-state index contributed by atoms with van der Waals surface area (Å²) in [5, 5.41) is 33.6. The maximum absolute atomic E-state index is 12.6. The highest BCUT2D eigenvalue weighted by Gasteiger charge is 2.30. The zero-order chi connectivity index (χ0) is 31.5. The summed E-state index contributed by atoms with van der Waals surface area (Å²) in [5.41, 5.74) is 0.523. The molecule has 0 aromatic carbocycles. The molecule has 0 aliphatic heterocycles. The van der Waals surface area contributed by atoms with E-state index < -0.39 is 24.4 Å². The van der Waals surface area contributed by atoms with E-state index in [0.717, 1.165) is 19.3 Å². The van der Waals surface area contributed by atoms with Gasteiger partial charge in [-0.2, -0.15) is 0 Å². The molecule has 1 rings (SSSR count). The molecule has 1 unspecified atom stereocenters. The minimum Gasteiger partial charge on any atom is -0.394 e. The summed E-state index contributed by atoms with van der Waals surface area (Å²) < 4.78 is 0. The predicted molar refractivity (Wildman–Crippen MR) is 170 cm³/mol. The number of nitrogens with one attached hydrogen (secondary N) is 1. The van der Waals surface area contributed by atoms with E-state index >= 15 is 0 Å². The highest BCUT2D eigenvalue weighted by atomic mass is 16.3. The normalized spacial score (nSPS) is 17.2. The summed E-state index contributed by atoms with van der Waals surface area (Å²) in [5.74, 6) is -0.681. The van der Waals surface area contributed by atoms with Gasteiger partial charge in [-0.1, -0.05) is 89.7 Å². The van der Waals surface area contributed by atoms with Crippen LogP contribution in [0.1, 0.15) is 144 Å². The molecule has 0 spiro atoms. The third kappa shape index (κ3) is 14.4. The van der Waals surface area contributed by atoms with Crippen molar-refractivity contribution in [3.05, 3.63) is 34.4 Å². The van der Waals surface area contributed by atoms with Crippen molar-refractivity contribution in [2.24, 2.45) is 0 Å². The molecule has 1 aliphatic carbocycles. The first-order valence-corrected chi connectivity index (χ1v) is 16.4. The Hall–Kier alpha value is -2.09. The topological polar surface area (TPSA) is 124 Å². The van der Waals surface area contributed by atoms with Crippen LogP contribution in [-0.4, -0.2) is 57.1 Å². The second-order valence-electron chi connectivity index (χ2n) is 12.5. The average molecular weight is 590 g/mol. The van der Waals surface area contributed by atoms with Gasteiger partial charge in [-0.05, 0) is 59.8 Å². The number of ketones is 2. The molecule has 1 aliphatic rings. The molecule has 42 heavy (non-hydrogen) atoms. The number of Topliss-reactive ketones (excluding diaryl/α,β-unsaturated/α-hetero) is 2. The first-order chi connectivity index (χ1) is 19.9. The number of aliphatic hydroxyl groups is 3. The summed E-state index contributed by atoms with van der Waals surface area (Å²) in [6.45, 7) is 8.39. The van der Waals surface area contributed by atoms with Crippen LogP contribution >= 0.6 is 0 Å². The van der Waals surface area contributed by atoms with Gasteiger partial charge >= 0.3 is 0 Å². The minimum absolute atomic E-state index is 0.00172. The van der Waals surface area contributed by atoms with Crippen LogP contribution in [0.2, 0.25) is 0 Å². The highest BCUT2D eigenvalue weighted by molar-refractivity contribution is 6.24. The molecule has 0 saturated carbocycles. The number of hydrogen-bond donors (Lipinski definition) is 4. The lowest BCUT2D eigenvalue weighted by Crippen LogP contribution is -2.45. The van der Waals surface area contributed by atoms with E-state index in [0.29, 0.717) is 22.3 Å².